The maximum atomic E-state index is 13.7. The number of benzene rings is 2. The average molecular weight is 591 g/mol. The van der Waals surface area contributed by atoms with E-state index in [9.17, 15) is 18.0 Å². The fourth-order valence-electron chi connectivity index (χ4n) is 4.26. The average Bonchev–Trinajstić information content (AvgIpc) is 3.33. The van der Waals surface area contributed by atoms with Gasteiger partial charge in [-0.2, -0.15) is 0 Å². The van der Waals surface area contributed by atoms with Gasteiger partial charge in [0.2, 0.25) is 21.8 Å². The summed E-state index contributed by atoms with van der Waals surface area (Å²) in [5.41, 5.74) is 0.671. The quantitative estimate of drug-likeness (QED) is 0.425. The second-order valence-corrected chi connectivity index (χ2v) is 12.2. The molecule has 0 bridgehead atoms. The van der Waals surface area contributed by atoms with Crippen molar-refractivity contribution in [3.63, 3.8) is 0 Å². The van der Waals surface area contributed by atoms with Crippen molar-refractivity contribution in [2.45, 2.75) is 51.2 Å². The monoisotopic (exact) mass is 589 g/mol. The summed E-state index contributed by atoms with van der Waals surface area (Å²) in [5.74, 6) is -0.703. The predicted molar refractivity (Wildman–Crippen MR) is 147 cm³/mol. The number of hydrogen-bond acceptors (Lipinski definition) is 5. The van der Waals surface area contributed by atoms with Gasteiger partial charge in [0.25, 0.3) is 0 Å². The lowest BCUT2D eigenvalue weighted by molar-refractivity contribution is -0.139. The molecule has 1 atom stereocenters. The highest BCUT2D eigenvalue weighted by Gasteiger charge is 2.32. The molecule has 0 heterocycles. The number of rotatable bonds is 10. The molecule has 2 aromatic carbocycles. The molecule has 2 amide bonds. The molecule has 37 heavy (non-hydrogen) atoms. The molecule has 8 nitrogen and oxygen atoms in total. The first-order chi connectivity index (χ1) is 17.4. The highest BCUT2D eigenvalue weighted by molar-refractivity contribution is 7.92. The maximum absolute atomic E-state index is 13.7. The Morgan fingerprint density at radius 1 is 1.08 bits per heavy atom. The molecule has 1 aliphatic rings. The van der Waals surface area contributed by atoms with Gasteiger partial charge in [0.15, 0.2) is 0 Å². The van der Waals surface area contributed by atoms with Crippen molar-refractivity contribution in [3.8, 4) is 5.75 Å². The summed E-state index contributed by atoms with van der Waals surface area (Å²) in [4.78, 5) is 28.2. The van der Waals surface area contributed by atoms with E-state index in [1.54, 1.807) is 31.2 Å². The van der Waals surface area contributed by atoms with E-state index in [0.717, 1.165) is 36.2 Å². The Morgan fingerprint density at radius 2 is 1.70 bits per heavy atom. The Labute approximate surface area is 232 Å². The molecule has 1 N–H and O–H groups in total. The molecule has 3 rings (SSSR count). The number of amides is 2. The highest BCUT2D eigenvalue weighted by Crippen LogP contribution is 2.33. The number of halogens is 3. The summed E-state index contributed by atoms with van der Waals surface area (Å²) in [5, 5.41) is 4.03. The first kappa shape index (κ1) is 29.4. The van der Waals surface area contributed by atoms with Crippen LogP contribution in [-0.4, -0.2) is 57.1 Å². The summed E-state index contributed by atoms with van der Waals surface area (Å²) in [6.45, 7) is 0.997. The van der Waals surface area contributed by atoms with Crippen LogP contribution in [0.3, 0.4) is 0 Å². The van der Waals surface area contributed by atoms with Gasteiger partial charge in [0.05, 0.1) is 19.1 Å². The third-order valence-corrected chi connectivity index (χ3v) is 8.26. The summed E-state index contributed by atoms with van der Waals surface area (Å²) < 4.78 is 31.8. The lowest BCUT2D eigenvalue weighted by Crippen LogP contribution is -2.52. The van der Waals surface area contributed by atoms with E-state index in [0.29, 0.717) is 15.6 Å². The standard InChI is InChI=1S/C25H30Cl3N3O5S/c1-16(25(33)29-20-6-4-5-7-20)30(14-17-8-9-18(26)12-21(17)28)24(32)15-31(37(3,34)35)22-13-19(27)10-11-23(22)36-2/h8-13,16,20H,4-7,14-15H2,1-3H3,(H,29,33)/t16-/m1/s1. The van der Waals surface area contributed by atoms with Crippen LogP contribution < -0.4 is 14.4 Å². The van der Waals surface area contributed by atoms with Gasteiger partial charge in [-0.15, -0.1) is 0 Å². The van der Waals surface area contributed by atoms with Crippen molar-refractivity contribution < 1.29 is 22.7 Å². The SMILES string of the molecule is COc1ccc(Cl)cc1N(CC(=O)N(Cc1ccc(Cl)cc1Cl)[C@H](C)C(=O)NC1CCCC1)S(C)(=O)=O. The summed E-state index contributed by atoms with van der Waals surface area (Å²) in [6.07, 6.45) is 4.81. The lowest BCUT2D eigenvalue weighted by atomic mass is 10.1. The van der Waals surface area contributed by atoms with E-state index in [-0.39, 0.29) is 35.0 Å². The third-order valence-electron chi connectivity index (χ3n) is 6.31. The van der Waals surface area contributed by atoms with Crippen LogP contribution in [0.2, 0.25) is 15.1 Å². The van der Waals surface area contributed by atoms with Gasteiger partial charge < -0.3 is 15.0 Å². The van der Waals surface area contributed by atoms with Crippen molar-refractivity contribution in [2.24, 2.45) is 0 Å². The zero-order chi connectivity index (χ0) is 27.3. The summed E-state index contributed by atoms with van der Waals surface area (Å²) in [7, 11) is -2.56. The molecule has 1 aliphatic carbocycles. The molecule has 1 saturated carbocycles. The van der Waals surface area contributed by atoms with Crippen LogP contribution in [0.1, 0.15) is 38.2 Å². The molecule has 0 saturated heterocycles. The van der Waals surface area contributed by atoms with Crippen molar-refractivity contribution >= 4 is 62.3 Å². The topological polar surface area (TPSA) is 96.0 Å². The lowest BCUT2D eigenvalue weighted by Gasteiger charge is -2.32. The van der Waals surface area contributed by atoms with E-state index >= 15 is 0 Å². The normalized spacial score (nSPS) is 14.8. The van der Waals surface area contributed by atoms with Crippen LogP contribution in [0.5, 0.6) is 5.75 Å². The fraction of sp³-hybridized carbons (Fsp3) is 0.440. The number of carbonyl (C=O) groups is 2. The number of ether oxygens (including phenoxy) is 1. The predicted octanol–water partition coefficient (Wildman–Crippen LogP) is 4.90. The van der Waals surface area contributed by atoms with E-state index in [4.69, 9.17) is 39.5 Å². The van der Waals surface area contributed by atoms with Gasteiger partial charge in [-0.1, -0.05) is 53.7 Å². The number of methoxy groups -OCH3 is 1. The van der Waals surface area contributed by atoms with E-state index in [2.05, 4.69) is 5.32 Å². The smallest absolute Gasteiger partial charge is 0.244 e. The molecule has 0 aliphatic heterocycles. The first-order valence-electron chi connectivity index (χ1n) is 11.8. The zero-order valence-corrected chi connectivity index (χ0v) is 23.9. The minimum absolute atomic E-state index is 0.0294. The third kappa shape index (κ3) is 7.66. The minimum Gasteiger partial charge on any atom is -0.495 e. The second-order valence-electron chi connectivity index (χ2n) is 9.01. The van der Waals surface area contributed by atoms with Gasteiger partial charge in [-0.25, -0.2) is 8.42 Å². The van der Waals surface area contributed by atoms with Crippen LogP contribution in [0.25, 0.3) is 0 Å². The summed E-state index contributed by atoms with van der Waals surface area (Å²) >= 11 is 18.5. The van der Waals surface area contributed by atoms with Gasteiger partial charge in [0, 0.05) is 27.7 Å². The largest absolute Gasteiger partial charge is 0.495 e. The first-order valence-corrected chi connectivity index (χ1v) is 14.7. The van der Waals surface area contributed by atoms with Crippen LogP contribution in [0.4, 0.5) is 5.69 Å². The second kappa shape index (κ2) is 12.6. The van der Waals surface area contributed by atoms with Gasteiger partial charge in [0.1, 0.15) is 18.3 Å². The molecule has 202 valence electrons. The molecule has 1 fully saturated rings. The Bertz CT molecular complexity index is 1250. The number of hydrogen-bond donors (Lipinski definition) is 1. The van der Waals surface area contributed by atoms with Gasteiger partial charge >= 0.3 is 0 Å². The van der Waals surface area contributed by atoms with Crippen molar-refractivity contribution in [3.05, 3.63) is 57.0 Å². The van der Waals surface area contributed by atoms with Crippen LogP contribution in [0.15, 0.2) is 36.4 Å². The van der Waals surface area contributed by atoms with Gasteiger partial charge in [-0.05, 0) is 55.7 Å². The summed E-state index contributed by atoms with van der Waals surface area (Å²) in [6, 6.07) is 8.47. The fourth-order valence-corrected chi connectivity index (χ4v) is 5.74. The number of anilines is 1. The maximum Gasteiger partial charge on any atom is 0.244 e. The van der Waals surface area contributed by atoms with Crippen molar-refractivity contribution in [1.29, 1.82) is 0 Å². The number of nitrogens with one attached hydrogen (secondary N) is 1. The minimum atomic E-state index is -3.94. The van der Waals surface area contributed by atoms with E-state index < -0.39 is 28.5 Å². The highest BCUT2D eigenvalue weighted by atomic mass is 35.5. The Kier molecular flexibility index (Phi) is 9.97. The number of sulfonamides is 1. The molecule has 2 aromatic rings. The number of nitrogens with zero attached hydrogens (tertiary/aromatic N) is 2. The molecular weight excluding hydrogens is 561 g/mol. The molecule has 12 heteroatoms. The molecule has 0 spiro atoms. The molecular formula is C25H30Cl3N3O5S. The van der Waals surface area contributed by atoms with Crippen LogP contribution in [0, 0.1) is 0 Å². The zero-order valence-electron chi connectivity index (χ0n) is 20.8. The molecule has 0 unspecified atom stereocenters. The Hall–Kier alpha value is -2.20. The van der Waals surface area contributed by atoms with Gasteiger partial charge in [-0.3, -0.25) is 13.9 Å². The Morgan fingerprint density at radius 3 is 2.30 bits per heavy atom. The Balaban J connectivity index is 1.96. The molecule has 0 radical (unpaired) electrons. The van der Waals surface area contributed by atoms with Crippen LogP contribution >= 0.6 is 34.8 Å². The van der Waals surface area contributed by atoms with Crippen molar-refractivity contribution in [1.82, 2.24) is 10.2 Å². The van der Waals surface area contributed by atoms with E-state index in [1.807, 2.05) is 0 Å². The molecule has 0 aromatic heterocycles. The van der Waals surface area contributed by atoms with E-state index in [1.165, 1.54) is 24.1 Å². The van der Waals surface area contributed by atoms with Crippen LogP contribution in [-0.2, 0) is 26.2 Å². The van der Waals surface area contributed by atoms with Crippen molar-refractivity contribution in [2.75, 3.05) is 24.2 Å². The number of carbonyl (C=O) groups excluding carboxylic acids is 2.